The largest absolute Gasteiger partial charge is 0.348 e. The van der Waals surface area contributed by atoms with Crippen molar-refractivity contribution in [3.8, 4) is 0 Å². The number of benzene rings is 1. The van der Waals surface area contributed by atoms with Crippen molar-refractivity contribution in [3.63, 3.8) is 0 Å². The van der Waals surface area contributed by atoms with E-state index in [-0.39, 0.29) is 0 Å². The summed E-state index contributed by atoms with van der Waals surface area (Å²) in [4.78, 5) is 7.13. The summed E-state index contributed by atoms with van der Waals surface area (Å²) in [5, 5.41) is 0. The van der Waals surface area contributed by atoms with E-state index in [2.05, 4.69) is 79.6 Å². The molecule has 3 heteroatoms. The lowest BCUT2D eigenvalue weighted by Gasteiger charge is -2.32. The Balaban J connectivity index is 1.74. The Hall–Kier alpha value is -1.84. The Kier molecular flexibility index (Phi) is 4.93. The van der Waals surface area contributed by atoms with E-state index in [1.54, 1.807) is 0 Å². The number of allylic oxidation sites excluding steroid dienone is 4. The van der Waals surface area contributed by atoms with E-state index in [1.165, 1.54) is 41.1 Å². The molecule has 0 aromatic heterocycles. The van der Waals surface area contributed by atoms with Gasteiger partial charge in [-0.3, -0.25) is 4.90 Å². The molecule has 24 heavy (non-hydrogen) atoms. The van der Waals surface area contributed by atoms with Gasteiger partial charge in [-0.25, -0.2) is 0 Å². The Bertz CT molecular complexity index is 674. The maximum atomic E-state index is 4.15. The van der Waals surface area contributed by atoms with Crippen molar-refractivity contribution in [2.45, 2.75) is 20.4 Å². The zero-order valence-corrected chi connectivity index (χ0v) is 15.5. The van der Waals surface area contributed by atoms with E-state index in [0.29, 0.717) is 0 Å². The maximum absolute atomic E-state index is 4.15. The van der Waals surface area contributed by atoms with Gasteiger partial charge in [0.25, 0.3) is 0 Å². The van der Waals surface area contributed by atoms with Crippen LogP contribution in [0.3, 0.4) is 0 Å². The Morgan fingerprint density at radius 3 is 2.21 bits per heavy atom. The molecule has 0 atom stereocenters. The molecule has 0 aliphatic carbocycles. The molecule has 0 amide bonds. The Morgan fingerprint density at radius 2 is 1.58 bits per heavy atom. The Labute approximate surface area is 146 Å². The molecule has 2 aliphatic heterocycles. The predicted octanol–water partition coefficient (Wildman–Crippen LogP) is 3.57. The predicted molar refractivity (Wildman–Crippen MR) is 102 cm³/mol. The summed E-state index contributed by atoms with van der Waals surface area (Å²) in [5.41, 5.74) is 7.57. The minimum Gasteiger partial charge on any atom is -0.348 e. The van der Waals surface area contributed by atoms with Crippen LogP contribution in [0.15, 0.2) is 53.9 Å². The lowest BCUT2D eigenvalue weighted by molar-refractivity contribution is 0.148. The molecule has 3 nitrogen and oxygen atoms in total. The van der Waals surface area contributed by atoms with Crippen LogP contribution in [0.4, 0.5) is 0 Å². The van der Waals surface area contributed by atoms with Gasteiger partial charge in [-0.05, 0) is 43.7 Å². The molecule has 1 aromatic rings. The fraction of sp³-hybridized carbons (Fsp3) is 0.429. The van der Waals surface area contributed by atoms with E-state index in [1.807, 2.05) is 0 Å². The molecule has 1 saturated heterocycles. The number of nitrogens with zero attached hydrogens (tertiary/aromatic N) is 3. The number of hydrogen-bond donors (Lipinski definition) is 0. The van der Waals surface area contributed by atoms with Gasteiger partial charge in [0.05, 0.1) is 0 Å². The van der Waals surface area contributed by atoms with Crippen LogP contribution >= 0.6 is 0 Å². The summed E-state index contributed by atoms with van der Waals surface area (Å²) in [7, 11) is 4.30. The number of hydrogen-bond acceptors (Lipinski definition) is 3. The average Bonchev–Trinajstić information content (AvgIpc) is 2.59. The van der Waals surface area contributed by atoms with Crippen molar-refractivity contribution in [2.75, 3.05) is 40.3 Å². The first kappa shape index (κ1) is 17.0. The van der Waals surface area contributed by atoms with E-state index < -0.39 is 0 Å². The summed E-state index contributed by atoms with van der Waals surface area (Å²) in [6, 6.07) is 9.08. The van der Waals surface area contributed by atoms with Crippen molar-refractivity contribution < 1.29 is 0 Å². The minimum atomic E-state index is 1.05. The van der Waals surface area contributed by atoms with Gasteiger partial charge >= 0.3 is 0 Å². The summed E-state index contributed by atoms with van der Waals surface area (Å²) in [6.07, 6.45) is 2.26. The highest BCUT2D eigenvalue weighted by Crippen LogP contribution is 2.32. The van der Waals surface area contributed by atoms with Crippen LogP contribution in [0, 0.1) is 0 Å². The molecule has 0 unspecified atom stereocenters. The molecule has 1 fully saturated rings. The number of likely N-dealkylation sites (N-methyl/N-ethyl adjacent to an activating group) is 2. The van der Waals surface area contributed by atoms with Crippen molar-refractivity contribution in [2.24, 2.45) is 0 Å². The van der Waals surface area contributed by atoms with Crippen molar-refractivity contribution in [1.82, 2.24) is 14.7 Å². The summed E-state index contributed by atoms with van der Waals surface area (Å²) in [6.45, 7) is 14.2. The lowest BCUT2D eigenvalue weighted by Crippen LogP contribution is -2.43. The average molecular weight is 323 g/mol. The quantitative estimate of drug-likeness (QED) is 0.842. The molecule has 2 heterocycles. The van der Waals surface area contributed by atoms with Crippen LogP contribution in [0.1, 0.15) is 25.0 Å². The topological polar surface area (TPSA) is 9.72 Å². The van der Waals surface area contributed by atoms with Crippen LogP contribution in [0.5, 0.6) is 0 Å². The van der Waals surface area contributed by atoms with Crippen LogP contribution in [0.2, 0.25) is 0 Å². The zero-order valence-electron chi connectivity index (χ0n) is 15.5. The monoisotopic (exact) mass is 323 g/mol. The van der Waals surface area contributed by atoms with Gasteiger partial charge in [0.1, 0.15) is 0 Å². The molecule has 2 aliphatic rings. The van der Waals surface area contributed by atoms with Crippen molar-refractivity contribution in [3.05, 3.63) is 65.0 Å². The van der Waals surface area contributed by atoms with Gasteiger partial charge in [-0.15, -0.1) is 0 Å². The van der Waals surface area contributed by atoms with Crippen LogP contribution in [-0.4, -0.2) is 55.0 Å². The molecule has 0 bridgehead atoms. The minimum absolute atomic E-state index is 1.05. The molecule has 0 radical (unpaired) electrons. The van der Waals surface area contributed by atoms with Gasteiger partial charge in [0.15, 0.2) is 0 Å². The SMILES string of the molecule is C=C1C(C)=CC(c2ccc(CN3CCN(C)CC3)cc2)=C(C)N1C. The van der Waals surface area contributed by atoms with Gasteiger partial charge in [-0.1, -0.05) is 30.8 Å². The third kappa shape index (κ3) is 3.47. The first-order chi connectivity index (χ1) is 11.5. The smallest absolute Gasteiger partial charge is 0.0362 e. The number of piperazine rings is 1. The van der Waals surface area contributed by atoms with Crippen LogP contribution < -0.4 is 0 Å². The second kappa shape index (κ2) is 6.96. The van der Waals surface area contributed by atoms with Crippen molar-refractivity contribution >= 4 is 5.57 Å². The lowest BCUT2D eigenvalue weighted by atomic mass is 9.95. The molecule has 0 N–H and O–H groups in total. The van der Waals surface area contributed by atoms with E-state index in [0.717, 1.165) is 25.3 Å². The van der Waals surface area contributed by atoms with E-state index in [9.17, 15) is 0 Å². The second-order valence-electron chi connectivity index (χ2n) is 7.11. The molecule has 128 valence electrons. The molecule has 1 aromatic carbocycles. The van der Waals surface area contributed by atoms with Gasteiger partial charge < -0.3 is 9.80 Å². The summed E-state index contributed by atoms with van der Waals surface area (Å²) >= 11 is 0. The molecular weight excluding hydrogens is 294 g/mol. The van der Waals surface area contributed by atoms with Crippen LogP contribution in [-0.2, 0) is 6.54 Å². The normalized spacial score (nSPS) is 20.6. The first-order valence-corrected chi connectivity index (χ1v) is 8.78. The maximum Gasteiger partial charge on any atom is 0.0362 e. The van der Waals surface area contributed by atoms with Gasteiger partial charge in [0.2, 0.25) is 0 Å². The van der Waals surface area contributed by atoms with Gasteiger partial charge in [0, 0.05) is 56.7 Å². The molecule has 0 spiro atoms. The number of rotatable bonds is 3. The molecule has 0 saturated carbocycles. The molecular formula is C21H29N3. The standard InChI is InChI=1S/C21H29N3/c1-16-14-21(18(3)23(5)17(16)2)20-8-6-19(7-9-20)15-24-12-10-22(4)11-13-24/h6-9,14H,2,10-13,15H2,1,3-5H3. The molecule has 3 rings (SSSR count). The van der Waals surface area contributed by atoms with Crippen LogP contribution in [0.25, 0.3) is 5.57 Å². The highest BCUT2D eigenvalue weighted by molar-refractivity contribution is 5.79. The van der Waals surface area contributed by atoms with Gasteiger partial charge in [-0.2, -0.15) is 0 Å². The summed E-state index contributed by atoms with van der Waals surface area (Å²) < 4.78 is 0. The Morgan fingerprint density at radius 1 is 0.958 bits per heavy atom. The third-order valence-electron chi connectivity index (χ3n) is 5.38. The first-order valence-electron chi connectivity index (χ1n) is 8.78. The highest BCUT2D eigenvalue weighted by atomic mass is 15.2. The summed E-state index contributed by atoms with van der Waals surface area (Å²) in [5.74, 6) is 0. The fourth-order valence-electron chi connectivity index (χ4n) is 3.40. The van der Waals surface area contributed by atoms with E-state index >= 15 is 0 Å². The highest BCUT2D eigenvalue weighted by Gasteiger charge is 2.17. The van der Waals surface area contributed by atoms with E-state index in [4.69, 9.17) is 0 Å². The fourth-order valence-corrected chi connectivity index (χ4v) is 3.40. The van der Waals surface area contributed by atoms with Crippen molar-refractivity contribution in [1.29, 1.82) is 0 Å². The zero-order chi connectivity index (χ0) is 17.3. The third-order valence-corrected chi connectivity index (χ3v) is 5.38. The second-order valence-corrected chi connectivity index (χ2v) is 7.11.